The minimum atomic E-state index is -0.516. The number of nitrogens with two attached hydrogens (primary N) is 1. The molecule has 0 radical (unpaired) electrons. The number of ether oxygens (including phenoxy) is 1. The smallest absolute Gasteiger partial charge is 0.374 e. The number of nitrogen functional groups attached to an aromatic ring is 1. The number of halogens is 1. The van der Waals surface area contributed by atoms with E-state index >= 15 is 0 Å². The van der Waals surface area contributed by atoms with Crippen LogP contribution in [-0.2, 0) is 4.74 Å². The molecule has 0 saturated heterocycles. The highest BCUT2D eigenvalue weighted by Gasteiger charge is 2.14. The first-order valence-corrected chi connectivity index (χ1v) is 6.34. The molecule has 4 nitrogen and oxygen atoms in total. The molecule has 1 heterocycles. The number of furan rings is 1. The number of benzene rings is 1. The van der Waals surface area contributed by atoms with Crippen molar-refractivity contribution in [1.82, 2.24) is 0 Å². The first-order valence-electron chi connectivity index (χ1n) is 5.55. The van der Waals surface area contributed by atoms with Crippen LogP contribution in [0.1, 0.15) is 10.6 Å². The maximum absolute atomic E-state index is 11.6. The van der Waals surface area contributed by atoms with Crippen LogP contribution in [0.2, 0.25) is 0 Å². The van der Waals surface area contributed by atoms with E-state index in [2.05, 4.69) is 22.5 Å². The Bertz CT molecular complexity index is 619. The molecule has 1 aromatic carbocycles. The summed E-state index contributed by atoms with van der Waals surface area (Å²) in [6.07, 6.45) is 1.50. The third kappa shape index (κ3) is 3.06. The van der Waals surface area contributed by atoms with Crippen molar-refractivity contribution in [3.05, 3.63) is 53.2 Å². The van der Waals surface area contributed by atoms with Crippen molar-refractivity contribution in [3.63, 3.8) is 0 Å². The molecule has 0 bridgehead atoms. The molecule has 0 fully saturated rings. The minimum absolute atomic E-state index is 0.153. The highest BCUT2D eigenvalue weighted by atomic mass is 79.9. The predicted octanol–water partition coefficient (Wildman–Crippen LogP) is 3.63. The number of hydrogen-bond acceptors (Lipinski definition) is 4. The van der Waals surface area contributed by atoms with E-state index in [1.165, 1.54) is 6.08 Å². The van der Waals surface area contributed by atoms with Gasteiger partial charge in [0.15, 0.2) is 0 Å². The molecular formula is C14H12BrNO3. The van der Waals surface area contributed by atoms with Crippen LogP contribution in [0.5, 0.6) is 0 Å². The summed E-state index contributed by atoms with van der Waals surface area (Å²) in [5.74, 6) is 0.204. The minimum Gasteiger partial charge on any atom is -0.456 e. The third-order valence-corrected chi connectivity index (χ3v) is 3.05. The van der Waals surface area contributed by atoms with Gasteiger partial charge >= 0.3 is 5.97 Å². The van der Waals surface area contributed by atoms with Gasteiger partial charge in [-0.3, -0.25) is 0 Å². The van der Waals surface area contributed by atoms with Gasteiger partial charge in [0.05, 0.1) is 0 Å². The van der Waals surface area contributed by atoms with Gasteiger partial charge in [0.2, 0.25) is 5.76 Å². The van der Waals surface area contributed by atoms with E-state index in [4.69, 9.17) is 14.9 Å². The summed E-state index contributed by atoms with van der Waals surface area (Å²) < 4.78 is 11.2. The number of carbonyl (C=O) groups is 1. The summed E-state index contributed by atoms with van der Waals surface area (Å²) in [6.45, 7) is 3.63. The zero-order chi connectivity index (χ0) is 13.8. The zero-order valence-corrected chi connectivity index (χ0v) is 11.6. The summed E-state index contributed by atoms with van der Waals surface area (Å²) in [7, 11) is 0. The van der Waals surface area contributed by atoms with Crippen LogP contribution in [0.25, 0.3) is 11.3 Å². The first-order chi connectivity index (χ1) is 9.11. The topological polar surface area (TPSA) is 65.5 Å². The molecule has 0 amide bonds. The van der Waals surface area contributed by atoms with Crippen molar-refractivity contribution in [2.75, 3.05) is 12.3 Å². The number of rotatable bonds is 4. The quantitative estimate of drug-likeness (QED) is 0.530. The van der Waals surface area contributed by atoms with Crippen molar-refractivity contribution in [2.24, 2.45) is 0 Å². The van der Waals surface area contributed by atoms with Crippen molar-refractivity contribution in [1.29, 1.82) is 0 Å². The fourth-order valence-electron chi connectivity index (χ4n) is 1.53. The standard InChI is InChI=1S/C14H12BrNO3/c1-2-7-18-14(17)13-6-5-12(19-13)10-4-3-9(16)8-11(10)15/h2-6,8H,1,7,16H2. The highest BCUT2D eigenvalue weighted by molar-refractivity contribution is 9.10. The molecule has 0 spiro atoms. The van der Waals surface area contributed by atoms with Crippen LogP contribution in [0, 0.1) is 0 Å². The van der Waals surface area contributed by atoms with Crippen molar-refractivity contribution < 1.29 is 13.9 Å². The van der Waals surface area contributed by atoms with Gasteiger partial charge in [-0.2, -0.15) is 0 Å². The van der Waals surface area contributed by atoms with E-state index in [0.29, 0.717) is 11.4 Å². The lowest BCUT2D eigenvalue weighted by atomic mass is 10.1. The summed E-state index contributed by atoms with van der Waals surface area (Å²) in [5.41, 5.74) is 7.13. The van der Waals surface area contributed by atoms with Gasteiger partial charge in [0, 0.05) is 15.7 Å². The van der Waals surface area contributed by atoms with Gasteiger partial charge in [0.25, 0.3) is 0 Å². The molecule has 0 aliphatic carbocycles. The monoisotopic (exact) mass is 321 g/mol. The van der Waals surface area contributed by atoms with E-state index in [0.717, 1.165) is 10.0 Å². The zero-order valence-electron chi connectivity index (χ0n) is 10.1. The fraction of sp³-hybridized carbons (Fsp3) is 0.0714. The molecule has 98 valence electrons. The lowest BCUT2D eigenvalue weighted by molar-refractivity contribution is 0.0514. The first kappa shape index (κ1) is 13.4. The lowest BCUT2D eigenvalue weighted by Crippen LogP contribution is -2.03. The summed E-state index contributed by atoms with van der Waals surface area (Å²) >= 11 is 3.40. The van der Waals surface area contributed by atoms with Crippen LogP contribution in [0.4, 0.5) is 5.69 Å². The van der Waals surface area contributed by atoms with E-state index in [1.807, 2.05) is 6.07 Å². The summed E-state index contributed by atoms with van der Waals surface area (Å²) in [5, 5.41) is 0. The Hall–Kier alpha value is -2.01. The second kappa shape index (κ2) is 5.75. The molecule has 2 aromatic rings. The second-order valence-corrected chi connectivity index (χ2v) is 4.64. The van der Waals surface area contributed by atoms with Crippen LogP contribution in [0.3, 0.4) is 0 Å². The molecule has 2 rings (SSSR count). The van der Waals surface area contributed by atoms with Gasteiger partial charge in [0.1, 0.15) is 12.4 Å². The third-order valence-electron chi connectivity index (χ3n) is 2.40. The molecule has 19 heavy (non-hydrogen) atoms. The average Bonchev–Trinajstić information content (AvgIpc) is 2.85. The van der Waals surface area contributed by atoms with E-state index < -0.39 is 5.97 Å². The predicted molar refractivity (Wildman–Crippen MR) is 76.7 cm³/mol. The Morgan fingerprint density at radius 3 is 2.89 bits per heavy atom. The van der Waals surface area contributed by atoms with Crippen molar-refractivity contribution in [2.45, 2.75) is 0 Å². The molecule has 5 heteroatoms. The van der Waals surface area contributed by atoms with E-state index in [-0.39, 0.29) is 12.4 Å². The van der Waals surface area contributed by atoms with Crippen LogP contribution >= 0.6 is 15.9 Å². The van der Waals surface area contributed by atoms with E-state index in [9.17, 15) is 4.79 Å². The van der Waals surface area contributed by atoms with Gasteiger partial charge in [-0.25, -0.2) is 4.79 Å². The van der Waals surface area contributed by atoms with Crippen LogP contribution in [-0.4, -0.2) is 12.6 Å². The number of anilines is 1. The molecular weight excluding hydrogens is 310 g/mol. The SMILES string of the molecule is C=CCOC(=O)c1ccc(-c2ccc(N)cc2Br)o1. The molecule has 2 N–H and O–H groups in total. The van der Waals surface area contributed by atoms with E-state index in [1.54, 1.807) is 24.3 Å². The number of hydrogen-bond donors (Lipinski definition) is 1. The molecule has 0 aliphatic heterocycles. The Labute approximate surface area is 119 Å². The summed E-state index contributed by atoms with van der Waals surface area (Å²) in [4.78, 5) is 11.6. The van der Waals surface area contributed by atoms with Gasteiger partial charge in [-0.05, 0) is 46.3 Å². The molecule has 0 saturated carbocycles. The number of carbonyl (C=O) groups excluding carboxylic acids is 1. The highest BCUT2D eigenvalue weighted by Crippen LogP contribution is 2.31. The Kier molecular flexibility index (Phi) is 4.06. The maximum atomic E-state index is 11.6. The van der Waals surface area contributed by atoms with Crippen molar-refractivity contribution in [3.8, 4) is 11.3 Å². The van der Waals surface area contributed by atoms with Crippen molar-refractivity contribution >= 4 is 27.6 Å². The average molecular weight is 322 g/mol. The summed E-state index contributed by atoms with van der Waals surface area (Å²) in [6, 6.07) is 8.63. The van der Waals surface area contributed by atoms with Gasteiger partial charge in [-0.1, -0.05) is 12.7 Å². The van der Waals surface area contributed by atoms with Crippen LogP contribution in [0.15, 0.2) is 51.9 Å². The number of esters is 1. The molecule has 0 aliphatic rings. The molecule has 0 atom stereocenters. The molecule has 1 aromatic heterocycles. The van der Waals surface area contributed by atoms with Gasteiger partial charge < -0.3 is 14.9 Å². The Balaban J connectivity index is 2.25. The lowest BCUT2D eigenvalue weighted by Gasteiger charge is -2.02. The van der Waals surface area contributed by atoms with Gasteiger partial charge in [-0.15, -0.1) is 0 Å². The largest absolute Gasteiger partial charge is 0.456 e. The normalized spacial score (nSPS) is 10.2. The maximum Gasteiger partial charge on any atom is 0.374 e. The second-order valence-electron chi connectivity index (χ2n) is 3.79. The van der Waals surface area contributed by atoms with Crippen LogP contribution < -0.4 is 5.73 Å². The Morgan fingerprint density at radius 2 is 2.21 bits per heavy atom. The molecule has 0 unspecified atom stereocenters. The Morgan fingerprint density at radius 1 is 1.42 bits per heavy atom. The fourth-order valence-corrected chi connectivity index (χ4v) is 2.12.